The quantitative estimate of drug-likeness (QED) is 0.567. The molecule has 0 aromatic carbocycles. The monoisotopic (exact) mass is 223 g/mol. The predicted octanol–water partition coefficient (Wildman–Crippen LogP) is 2.21. The van der Waals surface area contributed by atoms with Crippen molar-refractivity contribution in [2.24, 2.45) is 17.1 Å². The lowest BCUT2D eigenvalue weighted by Crippen LogP contribution is -2.43. The number of likely N-dealkylation sites (tertiary alicyclic amines) is 1. The number of amidine groups is 1. The molecule has 3 N–H and O–H groups in total. The number of nitrogens with two attached hydrogens (primary N) is 1. The van der Waals surface area contributed by atoms with Crippen LogP contribution in [0.4, 0.5) is 0 Å². The first kappa shape index (κ1) is 11.9. The van der Waals surface area contributed by atoms with Gasteiger partial charge in [-0.05, 0) is 50.5 Å². The molecule has 2 atom stereocenters. The summed E-state index contributed by atoms with van der Waals surface area (Å²) in [5.41, 5.74) is 5.92. The molecule has 1 saturated carbocycles. The van der Waals surface area contributed by atoms with Crippen LogP contribution in [0, 0.1) is 16.7 Å². The molecular weight excluding hydrogens is 198 g/mol. The lowest BCUT2D eigenvalue weighted by molar-refractivity contribution is 0.105. The standard InChI is InChI=1S/C13H25N3/c1-10-3-6-16(11(2)7-10)9-13(4-5-13)8-12(14)15/h10-11H,3-9H2,1-2H3,(H3,14,15). The Hall–Kier alpha value is -0.570. The first-order valence-corrected chi connectivity index (χ1v) is 6.58. The molecule has 1 heterocycles. The summed E-state index contributed by atoms with van der Waals surface area (Å²) in [7, 11) is 0. The number of nitrogens with zero attached hydrogens (tertiary/aromatic N) is 1. The first-order chi connectivity index (χ1) is 7.51. The second-order valence-electron chi connectivity index (χ2n) is 6.15. The summed E-state index contributed by atoms with van der Waals surface area (Å²) in [6.45, 7) is 7.11. The van der Waals surface area contributed by atoms with E-state index in [1.165, 1.54) is 38.8 Å². The second-order valence-corrected chi connectivity index (χ2v) is 6.15. The van der Waals surface area contributed by atoms with Gasteiger partial charge in [0.15, 0.2) is 0 Å². The van der Waals surface area contributed by atoms with Gasteiger partial charge in [0.25, 0.3) is 0 Å². The van der Waals surface area contributed by atoms with Gasteiger partial charge in [-0.2, -0.15) is 0 Å². The second kappa shape index (κ2) is 4.36. The summed E-state index contributed by atoms with van der Waals surface area (Å²) < 4.78 is 0. The summed E-state index contributed by atoms with van der Waals surface area (Å²) in [6, 6.07) is 0.716. The van der Waals surface area contributed by atoms with Gasteiger partial charge >= 0.3 is 0 Å². The highest BCUT2D eigenvalue weighted by molar-refractivity contribution is 5.78. The minimum absolute atomic E-state index is 0.371. The molecule has 1 aliphatic carbocycles. The van der Waals surface area contributed by atoms with Gasteiger partial charge in [-0.15, -0.1) is 0 Å². The zero-order valence-corrected chi connectivity index (χ0v) is 10.6. The molecule has 92 valence electrons. The molecule has 0 spiro atoms. The minimum atomic E-state index is 0.371. The van der Waals surface area contributed by atoms with Crippen LogP contribution in [-0.4, -0.2) is 29.9 Å². The van der Waals surface area contributed by atoms with Crippen LogP contribution in [0.2, 0.25) is 0 Å². The highest BCUT2D eigenvalue weighted by atomic mass is 15.2. The smallest absolute Gasteiger partial charge is 0.0911 e. The van der Waals surface area contributed by atoms with Crippen molar-refractivity contribution in [2.75, 3.05) is 13.1 Å². The average molecular weight is 223 g/mol. The minimum Gasteiger partial charge on any atom is -0.388 e. The van der Waals surface area contributed by atoms with Crippen molar-refractivity contribution in [1.29, 1.82) is 5.41 Å². The van der Waals surface area contributed by atoms with Crippen LogP contribution >= 0.6 is 0 Å². The van der Waals surface area contributed by atoms with Gasteiger partial charge in [0.2, 0.25) is 0 Å². The van der Waals surface area contributed by atoms with Gasteiger partial charge in [0.1, 0.15) is 0 Å². The lowest BCUT2D eigenvalue weighted by Gasteiger charge is -2.38. The van der Waals surface area contributed by atoms with E-state index in [9.17, 15) is 0 Å². The topological polar surface area (TPSA) is 53.1 Å². The largest absolute Gasteiger partial charge is 0.388 e. The Morgan fingerprint density at radius 3 is 2.62 bits per heavy atom. The van der Waals surface area contributed by atoms with Gasteiger partial charge in [0, 0.05) is 19.0 Å². The van der Waals surface area contributed by atoms with Crippen LogP contribution in [0.15, 0.2) is 0 Å². The fourth-order valence-electron chi connectivity index (χ4n) is 3.09. The zero-order chi connectivity index (χ0) is 11.8. The maximum Gasteiger partial charge on any atom is 0.0911 e. The predicted molar refractivity (Wildman–Crippen MR) is 67.6 cm³/mol. The van der Waals surface area contributed by atoms with Gasteiger partial charge in [-0.1, -0.05) is 6.92 Å². The molecular formula is C13H25N3. The molecule has 2 unspecified atom stereocenters. The number of nitrogens with one attached hydrogen (secondary N) is 1. The van der Waals surface area contributed by atoms with Crippen LogP contribution in [0.3, 0.4) is 0 Å². The van der Waals surface area contributed by atoms with E-state index >= 15 is 0 Å². The van der Waals surface area contributed by atoms with E-state index in [4.69, 9.17) is 11.1 Å². The van der Waals surface area contributed by atoms with E-state index < -0.39 is 0 Å². The number of piperidine rings is 1. The normalized spacial score (nSPS) is 33.6. The molecule has 0 amide bonds. The maximum absolute atomic E-state index is 7.45. The first-order valence-electron chi connectivity index (χ1n) is 6.58. The van der Waals surface area contributed by atoms with Crippen LogP contribution in [0.5, 0.6) is 0 Å². The summed E-state index contributed by atoms with van der Waals surface area (Å²) >= 11 is 0. The zero-order valence-electron chi connectivity index (χ0n) is 10.6. The third-order valence-corrected chi connectivity index (χ3v) is 4.34. The number of rotatable bonds is 4. The van der Waals surface area contributed by atoms with Crippen molar-refractivity contribution in [2.45, 2.75) is 52.0 Å². The van der Waals surface area contributed by atoms with Gasteiger partial charge in [-0.25, -0.2) is 0 Å². The maximum atomic E-state index is 7.45. The third kappa shape index (κ3) is 2.76. The lowest BCUT2D eigenvalue weighted by atomic mass is 9.91. The summed E-state index contributed by atoms with van der Waals surface area (Å²) in [5, 5.41) is 7.45. The Morgan fingerprint density at radius 1 is 1.44 bits per heavy atom. The van der Waals surface area contributed by atoms with Crippen LogP contribution in [-0.2, 0) is 0 Å². The van der Waals surface area contributed by atoms with E-state index in [0.29, 0.717) is 17.3 Å². The Bertz CT molecular complexity index is 270. The molecule has 16 heavy (non-hydrogen) atoms. The summed E-state index contributed by atoms with van der Waals surface area (Å²) in [5.74, 6) is 1.25. The number of hydrogen-bond donors (Lipinski definition) is 2. The Labute approximate surface area is 98.9 Å². The van der Waals surface area contributed by atoms with Crippen molar-refractivity contribution in [1.82, 2.24) is 4.90 Å². The van der Waals surface area contributed by atoms with E-state index in [1.807, 2.05) is 0 Å². The Balaban J connectivity index is 1.87. The molecule has 0 aromatic rings. The van der Waals surface area contributed by atoms with Crippen LogP contribution in [0.1, 0.15) is 46.0 Å². The van der Waals surface area contributed by atoms with Crippen molar-refractivity contribution < 1.29 is 0 Å². The summed E-state index contributed by atoms with van der Waals surface area (Å²) in [4.78, 5) is 2.62. The highest BCUT2D eigenvalue weighted by Crippen LogP contribution is 2.50. The van der Waals surface area contributed by atoms with E-state index in [1.54, 1.807) is 0 Å². The SMILES string of the molecule is CC1CCN(CC2(CC(=N)N)CC2)C(C)C1. The fourth-order valence-corrected chi connectivity index (χ4v) is 3.09. The van der Waals surface area contributed by atoms with Crippen LogP contribution < -0.4 is 5.73 Å². The molecule has 1 aliphatic heterocycles. The molecule has 2 aliphatic rings. The van der Waals surface area contributed by atoms with E-state index in [-0.39, 0.29) is 0 Å². The van der Waals surface area contributed by atoms with Gasteiger partial charge < -0.3 is 10.6 Å². The van der Waals surface area contributed by atoms with E-state index in [0.717, 1.165) is 12.3 Å². The molecule has 0 radical (unpaired) electrons. The highest BCUT2D eigenvalue weighted by Gasteiger charge is 2.45. The van der Waals surface area contributed by atoms with Crippen LogP contribution in [0.25, 0.3) is 0 Å². The molecule has 0 bridgehead atoms. The van der Waals surface area contributed by atoms with Crippen molar-refractivity contribution in [3.63, 3.8) is 0 Å². The molecule has 3 nitrogen and oxygen atoms in total. The van der Waals surface area contributed by atoms with Crippen molar-refractivity contribution >= 4 is 5.84 Å². The van der Waals surface area contributed by atoms with E-state index in [2.05, 4.69) is 18.7 Å². The Kier molecular flexibility index (Phi) is 3.24. The third-order valence-electron chi connectivity index (χ3n) is 4.34. The van der Waals surface area contributed by atoms with Crippen molar-refractivity contribution in [3.05, 3.63) is 0 Å². The van der Waals surface area contributed by atoms with Gasteiger partial charge in [0.05, 0.1) is 5.84 Å². The summed E-state index contributed by atoms with van der Waals surface area (Å²) in [6.07, 6.45) is 6.01. The molecule has 2 rings (SSSR count). The Morgan fingerprint density at radius 2 is 2.12 bits per heavy atom. The molecule has 0 aromatic heterocycles. The molecule has 1 saturated heterocycles. The molecule has 3 heteroatoms. The fraction of sp³-hybridized carbons (Fsp3) is 0.923. The molecule has 2 fully saturated rings. The van der Waals surface area contributed by atoms with Crippen molar-refractivity contribution in [3.8, 4) is 0 Å². The van der Waals surface area contributed by atoms with Gasteiger partial charge in [-0.3, -0.25) is 5.41 Å². The average Bonchev–Trinajstić information content (AvgIpc) is 2.89. The number of hydrogen-bond acceptors (Lipinski definition) is 2.